The molecule has 2 N–H and O–H groups in total. The van der Waals surface area contributed by atoms with Gasteiger partial charge >= 0.3 is 0 Å². The molecule has 0 radical (unpaired) electrons. The molecule has 0 aromatic heterocycles. The summed E-state index contributed by atoms with van der Waals surface area (Å²) in [5.74, 6) is -0.0525. The first-order valence-corrected chi connectivity index (χ1v) is 9.90. The van der Waals surface area contributed by atoms with Gasteiger partial charge in [-0.15, -0.1) is 0 Å². The van der Waals surface area contributed by atoms with Crippen LogP contribution < -0.4 is 4.74 Å². The van der Waals surface area contributed by atoms with Crippen molar-refractivity contribution in [3.63, 3.8) is 0 Å². The van der Waals surface area contributed by atoms with Gasteiger partial charge in [-0.1, -0.05) is 53.6 Å². The molecule has 2 aromatic rings. The van der Waals surface area contributed by atoms with Gasteiger partial charge in [0.25, 0.3) is 0 Å². The number of allylic oxidation sites excluding steroid dienone is 4. The fourth-order valence-electron chi connectivity index (χ4n) is 3.50. The Bertz CT molecular complexity index is 976. The van der Waals surface area contributed by atoms with E-state index in [2.05, 4.69) is 0 Å². The minimum absolute atomic E-state index is 0.00207. The number of ketones is 1. The number of phenolic OH excluding ortho intramolecular Hbond substituents is 2. The van der Waals surface area contributed by atoms with E-state index in [0.717, 1.165) is 16.7 Å². The van der Waals surface area contributed by atoms with Gasteiger partial charge in [0.1, 0.15) is 28.9 Å². The lowest BCUT2D eigenvalue weighted by molar-refractivity contribution is 0.0842. The Hall–Kier alpha value is -3.01. The van der Waals surface area contributed by atoms with Crippen molar-refractivity contribution in [3.05, 3.63) is 75.9 Å². The molecule has 29 heavy (non-hydrogen) atoms. The van der Waals surface area contributed by atoms with Gasteiger partial charge in [0.2, 0.25) is 0 Å². The third kappa shape index (κ3) is 4.37. The van der Waals surface area contributed by atoms with Crippen molar-refractivity contribution < 1.29 is 19.7 Å². The summed E-state index contributed by atoms with van der Waals surface area (Å²) in [5, 5.41) is 21.8. The number of carbonyl (C=O) groups excluding carboxylic acids is 1. The Balaban J connectivity index is 2.17. The zero-order valence-electron chi connectivity index (χ0n) is 17.5. The van der Waals surface area contributed by atoms with Crippen molar-refractivity contribution >= 4 is 5.78 Å². The summed E-state index contributed by atoms with van der Waals surface area (Å²) < 4.78 is 6.21. The maximum atomic E-state index is 13.0. The number of phenols is 2. The molecule has 0 fully saturated rings. The van der Waals surface area contributed by atoms with E-state index < -0.39 is 6.10 Å². The second-order valence-electron chi connectivity index (χ2n) is 7.97. The summed E-state index contributed by atoms with van der Waals surface area (Å²) in [6.07, 6.45) is 4.39. The second-order valence-corrected chi connectivity index (χ2v) is 7.97. The van der Waals surface area contributed by atoms with Crippen LogP contribution in [0.2, 0.25) is 0 Å². The molecule has 152 valence electrons. The highest BCUT2D eigenvalue weighted by Crippen LogP contribution is 2.48. The fraction of sp³-hybridized carbons (Fsp3) is 0.320. The highest BCUT2D eigenvalue weighted by atomic mass is 16.5. The average Bonchev–Trinajstić information content (AvgIpc) is 2.67. The lowest BCUT2D eigenvalue weighted by atomic mass is 9.89. The zero-order chi connectivity index (χ0) is 21.1. The summed E-state index contributed by atoms with van der Waals surface area (Å²) in [6.45, 7) is 7.87. The number of aromatic hydroxyl groups is 2. The Kier molecular flexibility index (Phi) is 6.12. The lowest BCUT2D eigenvalue weighted by Gasteiger charge is -2.29. The number of benzene rings is 2. The smallest absolute Gasteiger partial charge is 0.174 e. The Morgan fingerprint density at radius 1 is 0.966 bits per heavy atom. The van der Waals surface area contributed by atoms with E-state index in [0.29, 0.717) is 29.7 Å². The summed E-state index contributed by atoms with van der Waals surface area (Å²) in [4.78, 5) is 13.0. The van der Waals surface area contributed by atoms with Crippen molar-refractivity contribution in [2.75, 3.05) is 0 Å². The SMILES string of the molecule is CC(C)=CCc1c(O)c(CC=C(C)C)c2c(c1O)C(=O)C[C@@H](c1ccccc1)O2. The minimum atomic E-state index is -0.441. The van der Waals surface area contributed by atoms with Crippen molar-refractivity contribution in [2.24, 2.45) is 0 Å². The van der Waals surface area contributed by atoms with Crippen LogP contribution in [0.25, 0.3) is 0 Å². The molecule has 0 bridgehead atoms. The summed E-state index contributed by atoms with van der Waals surface area (Å²) in [6, 6.07) is 9.55. The van der Waals surface area contributed by atoms with E-state index in [1.807, 2.05) is 70.2 Å². The van der Waals surface area contributed by atoms with Gasteiger partial charge in [-0.05, 0) is 46.1 Å². The highest BCUT2D eigenvalue weighted by Gasteiger charge is 2.35. The van der Waals surface area contributed by atoms with Gasteiger partial charge < -0.3 is 14.9 Å². The van der Waals surface area contributed by atoms with Crippen molar-refractivity contribution in [1.29, 1.82) is 0 Å². The van der Waals surface area contributed by atoms with E-state index in [4.69, 9.17) is 4.74 Å². The van der Waals surface area contributed by atoms with Crippen LogP contribution in [0.4, 0.5) is 0 Å². The molecule has 0 amide bonds. The highest BCUT2D eigenvalue weighted by molar-refractivity contribution is 6.04. The van der Waals surface area contributed by atoms with Gasteiger partial charge in [-0.2, -0.15) is 0 Å². The minimum Gasteiger partial charge on any atom is -0.507 e. The van der Waals surface area contributed by atoms with E-state index in [1.165, 1.54) is 0 Å². The van der Waals surface area contributed by atoms with E-state index in [-0.39, 0.29) is 29.3 Å². The van der Waals surface area contributed by atoms with Crippen molar-refractivity contribution in [2.45, 2.75) is 53.1 Å². The molecule has 0 spiro atoms. The summed E-state index contributed by atoms with van der Waals surface area (Å²) in [5.41, 5.74) is 4.16. The number of carbonyl (C=O) groups is 1. The standard InChI is InChI=1S/C25H28O4/c1-15(2)10-12-18-23(27)19(13-11-16(3)4)25-22(24(18)28)20(26)14-21(29-25)17-8-6-5-7-9-17/h5-11,21,27-28H,12-14H2,1-4H3/t21-/m0/s1. The van der Waals surface area contributed by atoms with Gasteiger partial charge in [-0.25, -0.2) is 0 Å². The number of rotatable bonds is 5. The lowest BCUT2D eigenvalue weighted by Crippen LogP contribution is -2.22. The van der Waals surface area contributed by atoms with Crippen LogP contribution in [-0.2, 0) is 12.8 Å². The fourth-order valence-corrected chi connectivity index (χ4v) is 3.50. The average molecular weight is 392 g/mol. The van der Waals surface area contributed by atoms with Crippen LogP contribution >= 0.6 is 0 Å². The quantitative estimate of drug-likeness (QED) is 0.629. The number of hydrogen-bond acceptors (Lipinski definition) is 4. The zero-order valence-corrected chi connectivity index (χ0v) is 17.5. The molecule has 1 atom stereocenters. The van der Waals surface area contributed by atoms with Gasteiger partial charge in [-0.3, -0.25) is 4.79 Å². The molecule has 1 aliphatic rings. The maximum absolute atomic E-state index is 13.0. The molecule has 3 rings (SSSR count). The van der Waals surface area contributed by atoms with E-state index >= 15 is 0 Å². The van der Waals surface area contributed by atoms with Crippen LogP contribution in [0.15, 0.2) is 53.6 Å². The Morgan fingerprint density at radius 2 is 1.55 bits per heavy atom. The van der Waals surface area contributed by atoms with E-state index in [9.17, 15) is 15.0 Å². The topological polar surface area (TPSA) is 66.8 Å². The third-order valence-corrected chi connectivity index (χ3v) is 5.11. The predicted octanol–water partition coefficient (Wildman–Crippen LogP) is 5.82. The molecule has 0 aliphatic carbocycles. The molecular formula is C25H28O4. The second kappa shape index (κ2) is 8.56. The predicted molar refractivity (Wildman–Crippen MR) is 115 cm³/mol. The molecule has 0 saturated heterocycles. The number of ether oxygens (including phenoxy) is 1. The van der Waals surface area contributed by atoms with Gasteiger partial charge in [0.05, 0.1) is 6.42 Å². The summed E-state index contributed by atoms with van der Waals surface area (Å²) >= 11 is 0. The van der Waals surface area contributed by atoms with Crippen molar-refractivity contribution in [1.82, 2.24) is 0 Å². The first-order chi connectivity index (χ1) is 13.8. The number of hydrogen-bond donors (Lipinski definition) is 2. The Morgan fingerprint density at radius 3 is 2.14 bits per heavy atom. The molecule has 4 heteroatoms. The third-order valence-electron chi connectivity index (χ3n) is 5.11. The van der Waals surface area contributed by atoms with Crippen LogP contribution in [0.5, 0.6) is 17.2 Å². The molecule has 4 nitrogen and oxygen atoms in total. The van der Waals surface area contributed by atoms with Crippen LogP contribution in [0, 0.1) is 0 Å². The Labute approximate surface area is 172 Å². The summed E-state index contributed by atoms with van der Waals surface area (Å²) in [7, 11) is 0. The molecule has 1 heterocycles. The van der Waals surface area contributed by atoms with Crippen LogP contribution in [0.1, 0.15) is 67.3 Å². The first kappa shape index (κ1) is 20.7. The number of Topliss-reactive ketones (excluding diaryl/α,β-unsaturated/α-hetero) is 1. The maximum Gasteiger partial charge on any atom is 0.174 e. The monoisotopic (exact) mass is 392 g/mol. The molecule has 1 aliphatic heterocycles. The van der Waals surface area contributed by atoms with Crippen LogP contribution in [0.3, 0.4) is 0 Å². The first-order valence-electron chi connectivity index (χ1n) is 9.90. The largest absolute Gasteiger partial charge is 0.507 e. The molecular weight excluding hydrogens is 364 g/mol. The van der Waals surface area contributed by atoms with Gasteiger partial charge in [0.15, 0.2) is 5.78 Å². The molecule has 0 saturated carbocycles. The van der Waals surface area contributed by atoms with E-state index in [1.54, 1.807) is 0 Å². The molecule has 2 aromatic carbocycles. The van der Waals surface area contributed by atoms with Crippen LogP contribution in [-0.4, -0.2) is 16.0 Å². The van der Waals surface area contributed by atoms with Gasteiger partial charge in [0, 0.05) is 11.1 Å². The number of fused-ring (bicyclic) bond motifs is 1. The molecule has 0 unspecified atom stereocenters. The van der Waals surface area contributed by atoms with Crippen molar-refractivity contribution in [3.8, 4) is 17.2 Å². The normalized spacial score (nSPS) is 15.3.